The van der Waals surface area contributed by atoms with E-state index in [0.29, 0.717) is 0 Å². The average molecular weight is 285 g/mol. The Balaban J connectivity index is 2.56. The molecule has 0 aliphatic rings. The lowest BCUT2D eigenvalue weighted by molar-refractivity contribution is 0.414. The fourth-order valence-electron chi connectivity index (χ4n) is 1.96. The van der Waals surface area contributed by atoms with Crippen LogP contribution in [0, 0.1) is 11.8 Å². The summed E-state index contributed by atoms with van der Waals surface area (Å²) in [6, 6.07) is 8.40. The van der Waals surface area contributed by atoms with E-state index in [9.17, 15) is 0 Å². The molecule has 90 valence electrons. The van der Waals surface area contributed by atoms with E-state index >= 15 is 0 Å². The van der Waals surface area contributed by atoms with Crippen molar-refractivity contribution < 1.29 is 4.74 Å². The zero-order valence-corrected chi connectivity index (χ0v) is 12.0. The van der Waals surface area contributed by atoms with Crippen LogP contribution in [-0.2, 0) is 6.42 Å². The first kappa shape index (κ1) is 13.6. The maximum absolute atomic E-state index is 5.16. The second kappa shape index (κ2) is 6.95. The maximum Gasteiger partial charge on any atom is 0.118 e. The summed E-state index contributed by atoms with van der Waals surface area (Å²) in [7, 11) is 1.70. The van der Waals surface area contributed by atoms with Crippen LogP contribution in [0.15, 0.2) is 24.3 Å². The van der Waals surface area contributed by atoms with Crippen molar-refractivity contribution in [3.8, 4) is 5.75 Å². The minimum Gasteiger partial charge on any atom is -0.497 e. The van der Waals surface area contributed by atoms with Crippen molar-refractivity contribution in [2.75, 3.05) is 12.4 Å². The first-order chi connectivity index (χ1) is 7.65. The summed E-state index contributed by atoms with van der Waals surface area (Å²) in [6.45, 7) is 4.56. The van der Waals surface area contributed by atoms with E-state index in [1.54, 1.807) is 7.11 Å². The number of hydrogen-bond acceptors (Lipinski definition) is 1. The molecule has 0 saturated heterocycles. The Hall–Kier alpha value is -0.500. The summed E-state index contributed by atoms with van der Waals surface area (Å²) >= 11 is 3.61. The third-order valence-corrected chi connectivity index (χ3v) is 3.62. The SMILES string of the molecule is COc1ccc(CC(CBr)CC(C)C)cc1. The van der Waals surface area contributed by atoms with Crippen LogP contribution >= 0.6 is 15.9 Å². The van der Waals surface area contributed by atoms with Gasteiger partial charge in [0.25, 0.3) is 0 Å². The molecule has 0 aliphatic heterocycles. The van der Waals surface area contributed by atoms with E-state index in [0.717, 1.165) is 29.3 Å². The topological polar surface area (TPSA) is 9.23 Å². The molecule has 1 rings (SSSR count). The third kappa shape index (κ3) is 4.56. The van der Waals surface area contributed by atoms with E-state index in [4.69, 9.17) is 4.74 Å². The molecule has 1 unspecified atom stereocenters. The molecular formula is C14H21BrO. The standard InChI is InChI=1S/C14H21BrO/c1-11(2)8-13(10-15)9-12-4-6-14(16-3)7-5-12/h4-7,11,13H,8-10H2,1-3H3. The normalized spacial score (nSPS) is 12.8. The molecule has 0 N–H and O–H groups in total. The van der Waals surface area contributed by atoms with Gasteiger partial charge in [-0.2, -0.15) is 0 Å². The monoisotopic (exact) mass is 284 g/mol. The number of ether oxygens (including phenoxy) is 1. The van der Waals surface area contributed by atoms with Crippen molar-refractivity contribution in [3.63, 3.8) is 0 Å². The van der Waals surface area contributed by atoms with Crippen LogP contribution in [0.2, 0.25) is 0 Å². The van der Waals surface area contributed by atoms with E-state index in [1.165, 1.54) is 12.0 Å². The minimum atomic E-state index is 0.730. The van der Waals surface area contributed by atoms with Crippen LogP contribution in [0.3, 0.4) is 0 Å². The van der Waals surface area contributed by atoms with Crippen LogP contribution in [0.4, 0.5) is 0 Å². The summed E-state index contributed by atoms with van der Waals surface area (Å²) in [5, 5.41) is 1.08. The van der Waals surface area contributed by atoms with E-state index in [-0.39, 0.29) is 0 Å². The summed E-state index contributed by atoms with van der Waals surface area (Å²) in [4.78, 5) is 0. The van der Waals surface area contributed by atoms with Gasteiger partial charge in [0, 0.05) is 5.33 Å². The molecule has 1 nitrogen and oxygen atoms in total. The highest BCUT2D eigenvalue weighted by Gasteiger charge is 2.10. The molecule has 0 spiro atoms. The Labute approximate surface area is 107 Å². The quantitative estimate of drug-likeness (QED) is 0.708. The van der Waals surface area contributed by atoms with Gasteiger partial charge in [0.05, 0.1) is 7.11 Å². The molecular weight excluding hydrogens is 264 g/mol. The van der Waals surface area contributed by atoms with Crippen molar-refractivity contribution >= 4 is 15.9 Å². The van der Waals surface area contributed by atoms with Gasteiger partial charge in [0.2, 0.25) is 0 Å². The smallest absolute Gasteiger partial charge is 0.118 e. The maximum atomic E-state index is 5.16. The third-order valence-electron chi connectivity index (χ3n) is 2.71. The molecule has 0 bridgehead atoms. The predicted molar refractivity (Wildman–Crippen MR) is 73.4 cm³/mol. The van der Waals surface area contributed by atoms with E-state index < -0.39 is 0 Å². The summed E-state index contributed by atoms with van der Waals surface area (Å²) in [5.74, 6) is 2.43. The largest absolute Gasteiger partial charge is 0.497 e. The summed E-state index contributed by atoms with van der Waals surface area (Å²) in [5.41, 5.74) is 1.39. The number of benzene rings is 1. The molecule has 16 heavy (non-hydrogen) atoms. The first-order valence-corrected chi connectivity index (χ1v) is 6.96. The Morgan fingerprint density at radius 1 is 1.19 bits per heavy atom. The van der Waals surface area contributed by atoms with Gasteiger partial charge in [0.1, 0.15) is 5.75 Å². The lowest BCUT2D eigenvalue weighted by Crippen LogP contribution is -2.09. The average Bonchev–Trinajstić information content (AvgIpc) is 2.28. The molecule has 0 aromatic heterocycles. The van der Waals surface area contributed by atoms with Crippen molar-refractivity contribution in [1.29, 1.82) is 0 Å². The van der Waals surface area contributed by atoms with Gasteiger partial charge < -0.3 is 4.74 Å². The second-order valence-corrected chi connectivity index (χ2v) is 5.35. The van der Waals surface area contributed by atoms with Crippen LogP contribution in [0.5, 0.6) is 5.75 Å². The zero-order chi connectivity index (χ0) is 12.0. The van der Waals surface area contributed by atoms with Crippen LogP contribution in [-0.4, -0.2) is 12.4 Å². The van der Waals surface area contributed by atoms with E-state index in [1.807, 2.05) is 12.1 Å². The lowest BCUT2D eigenvalue weighted by Gasteiger charge is -2.16. The minimum absolute atomic E-state index is 0.730. The van der Waals surface area contributed by atoms with Gasteiger partial charge in [0.15, 0.2) is 0 Å². The van der Waals surface area contributed by atoms with Crippen molar-refractivity contribution in [2.45, 2.75) is 26.7 Å². The molecule has 0 heterocycles. The number of alkyl halides is 1. The highest BCUT2D eigenvalue weighted by atomic mass is 79.9. The van der Waals surface area contributed by atoms with Crippen LogP contribution in [0.1, 0.15) is 25.8 Å². The Morgan fingerprint density at radius 3 is 2.25 bits per heavy atom. The molecule has 0 saturated carbocycles. The van der Waals surface area contributed by atoms with Crippen LogP contribution < -0.4 is 4.74 Å². The molecule has 0 amide bonds. The second-order valence-electron chi connectivity index (χ2n) is 4.70. The lowest BCUT2D eigenvalue weighted by atomic mass is 9.92. The number of rotatable bonds is 6. The van der Waals surface area contributed by atoms with Crippen molar-refractivity contribution in [2.24, 2.45) is 11.8 Å². The number of halogens is 1. The van der Waals surface area contributed by atoms with E-state index in [2.05, 4.69) is 41.9 Å². The van der Waals surface area contributed by atoms with Gasteiger partial charge in [-0.05, 0) is 42.4 Å². The Bertz CT molecular complexity index is 292. The fraction of sp³-hybridized carbons (Fsp3) is 0.571. The highest BCUT2D eigenvalue weighted by Crippen LogP contribution is 2.20. The van der Waals surface area contributed by atoms with Crippen molar-refractivity contribution in [3.05, 3.63) is 29.8 Å². The number of hydrogen-bond donors (Lipinski definition) is 0. The molecule has 0 radical (unpaired) electrons. The van der Waals surface area contributed by atoms with Gasteiger partial charge in [-0.15, -0.1) is 0 Å². The van der Waals surface area contributed by atoms with Gasteiger partial charge in [-0.3, -0.25) is 0 Å². The zero-order valence-electron chi connectivity index (χ0n) is 10.4. The Kier molecular flexibility index (Phi) is 5.89. The first-order valence-electron chi connectivity index (χ1n) is 5.84. The molecule has 2 heteroatoms. The van der Waals surface area contributed by atoms with Crippen LogP contribution in [0.25, 0.3) is 0 Å². The molecule has 1 atom stereocenters. The van der Waals surface area contributed by atoms with Gasteiger partial charge >= 0.3 is 0 Å². The predicted octanol–water partition coefficient (Wildman–Crippen LogP) is 4.29. The Morgan fingerprint density at radius 2 is 1.81 bits per heavy atom. The highest BCUT2D eigenvalue weighted by molar-refractivity contribution is 9.09. The fourth-order valence-corrected chi connectivity index (χ4v) is 2.46. The number of methoxy groups -OCH3 is 1. The summed E-state index contributed by atoms with van der Waals surface area (Å²) < 4.78 is 5.16. The molecule has 1 aromatic rings. The molecule has 0 aliphatic carbocycles. The molecule has 1 aromatic carbocycles. The van der Waals surface area contributed by atoms with Gasteiger partial charge in [-0.25, -0.2) is 0 Å². The van der Waals surface area contributed by atoms with Crippen molar-refractivity contribution in [1.82, 2.24) is 0 Å². The molecule has 0 fully saturated rings. The summed E-state index contributed by atoms with van der Waals surface area (Å²) in [6.07, 6.45) is 2.42. The van der Waals surface area contributed by atoms with Gasteiger partial charge in [-0.1, -0.05) is 41.9 Å².